The van der Waals surface area contributed by atoms with E-state index in [1.165, 1.54) is 21.7 Å². The van der Waals surface area contributed by atoms with Gasteiger partial charge in [0.15, 0.2) is 0 Å². The van der Waals surface area contributed by atoms with Crippen LogP contribution in [-0.2, 0) is 4.79 Å². The molecule has 2 aromatic rings. The molecule has 1 heterocycles. The summed E-state index contributed by atoms with van der Waals surface area (Å²) in [5, 5.41) is 13.2. The number of halogens is 1. The molecule has 0 aliphatic rings. The number of carboxylic acid groups (broad SMARTS) is 1. The van der Waals surface area contributed by atoms with E-state index in [1.54, 1.807) is 13.8 Å². The zero-order valence-corrected chi connectivity index (χ0v) is 14.1. The predicted molar refractivity (Wildman–Crippen MR) is 86.8 cm³/mol. The van der Waals surface area contributed by atoms with Gasteiger partial charge < -0.3 is 10.0 Å². The van der Waals surface area contributed by atoms with Gasteiger partial charge in [0.2, 0.25) is 0 Å². The van der Waals surface area contributed by atoms with E-state index in [0.717, 1.165) is 17.5 Å². The summed E-state index contributed by atoms with van der Waals surface area (Å²) in [6.45, 7) is 6.61. The Bertz CT molecular complexity index is 783. The topological polar surface area (TPSA) is 75.4 Å². The Morgan fingerprint density at radius 1 is 1.29 bits per heavy atom. The number of carbonyl (C=O) groups is 2. The summed E-state index contributed by atoms with van der Waals surface area (Å²) in [7, 11) is 0. The van der Waals surface area contributed by atoms with Crippen LogP contribution in [0.15, 0.2) is 24.3 Å². The second-order valence-electron chi connectivity index (χ2n) is 5.93. The van der Waals surface area contributed by atoms with Crippen molar-refractivity contribution in [2.75, 3.05) is 6.54 Å². The van der Waals surface area contributed by atoms with Crippen molar-refractivity contribution in [3.63, 3.8) is 0 Å². The molecule has 0 radical (unpaired) electrons. The summed E-state index contributed by atoms with van der Waals surface area (Å²) >= 11 is 0. The Kier molecular flexibility index (Phi) is 5.02. The molecular formula is C17H20FN3O3. The molecule has 128 valence electrons. The Hall–Kier alpha value is -2.70. The van der Waals surface area contributed by atoms with Crippen molar-refractivity contribution >= 4 is 11.9 Å². The number of aromatic nitrogens is 2. The summed E-state index contributed by atoms with van der Waals surface area (Å²) < 4.78 is 15.9. The van der Waals surface area contributed by atoms with E-state index in [0.29, 0.717) is 0 Å². The summed E-state index contributed by atoms with van der Waals surface area (Å²) in [5.74, 6) is -2.23. The normalized spacial score (nSPS) is 10.9. The fourth-order valence-corrected chi connectivity index (χ4v) is 2.48. The molecule has 7 heteroatoms. The van der Waals surface area contributed by atoms with Crippen molar-refractivity contribution in [1.29, 1.82) is 0 Å². The number of nitrogens with zero attached hydrogens (tertiary/aromatic N) is 3. The Labute approximate surface area is 139 Å². The zero-order chi connectivity index (χ0) is 18.0. The standard InChI is InChI=1S/C17H20FN3O3/c1-10(2)20(9-16(22)23)17(24)13-5-6-15(14(18)8-13)21-12(4)7-11(3)19-21/h5-8,10H,9H2,1-4H3,(H,22,23). The molecule has 0 aliphatic heterocycles. The van der Waals surface area contributed by atoms with Gasteiger partial charge in [0.1, 0.15) is 18.0 Å². The number of aryl methyl sites for hydroxylation is 2. The summed E-state index contributed by atoms with van der Waals surface area (Å²) in [4.78, 5) is 24.6. The lowest BCUT2D eigenvalue weighted by Crippen LogP contribution is -2.40. The van der Waals surface area contributed by atoms with Crippen LogP contribution in [0.5, 0.6) is 0 Å². The van der Waals surface area contributed by atoms with Gasteiger partial charge in [-0.05, 0) is 52.0 Å². The highest BCUT2D eigenvalue weighted by molar-refractivity contribution is 5.96. The lowest BCUT2D eigenvalue weighted by molar-refractivity contribution is -0.138. The molecule has 0 bridgehead atoms. The molecule has 0 fully saturated rings. The van der Waals surface area contributed by atoms with Gasteiger partial charge >= 0.3 is 5.97 Å². The van der Waals surface area contributed by atoms with E-state index in [1.807, 2.05) is 19.9 Å². The fraction of sp³-hybridized carbons (Fsp3) is 0.353. The van der Waals surface area contributed by atoms with Gasteiger partial charge in [0.05, 0.1) is 5.69 Å². The average molecular weight is 333 g/mol. The lowest BCUT2D eigenvalue weighted by atomic mass is 10.1. The first-order valence-electron chi connectivity index (χ1n) is 7.56. The summed E-state index contributed by atoms with van der Waals surface area (Å²) in [5.41, 5.74) is 1.89. The molecule has 0 saturated carbocycles. The molecule has 2 rings (SSSR count). The van der Waals surface area contributed by atoms with Crippen LogP contribution in [0.3, 0.4) is 0 Å². The van der Waals surface area contributed by atoms with Crippen LogP contribution in [0.2, 0.25) is 0 Å². The Morgan fingerprint density at radius 2 is 1.96 bits per heavy atom. The number of hydrogen-bond donors (Lipinski definition) is 1. The van der Waals surface area contributed by atoms with E-state index in [4.69, 9.17) is 5.11 Å². The third kappa shape index (κ3) is 3.61. The first-order chi connectivity index (χ1) is 11.2. The van der Waals surface area contributed by atoms with Crippen LogP contribution in [0.25, 0.3) is 5.69 Å². The molecule has 0 spiro atoms. The third-order valence-electron chi connectivity index (χ3n) is 3.62. The van der Waals surface area contributed by atoms with Crippen LogP contribution >= 0.6 is 0 Å². The SMILES string of the molecule is Cc1cc(C)n(-c2ccc(C(=O)N(CC(=O)O)C(C)C)cc2F)n1. The van der Waals surface area contributed by atoms with Gasteiger partial charge in [0, 0.05) is 17.3 Å². The van der Waals surface area contributed by atoms with Gasteiger partial charge in [-0.2, -0.15) is 5.10 Å². The largest absolute Gasteiger partial charge is 0.480 e. The second-order valence-corrected chi connectivity index (χ2v) is 5.93. The van der Waals surface area contributed by atoms with Crippen molar-refractivity contribution in [3.8, 4) is 5.69 Å². The molecule has 24 heavy (non-hydrogen) atoms. The first-order valence-corrected chi connectivity index (χ1v) is 7.56. The minimum atomic E-state index is -1.11. The van der Waals surface area contributed by atoms with E-state index < -0.39 is 24.2 Å². The van der Waals surface area contributed by atoms with Crippen LogP contribution in [0.4, 0.5) is 4.39 Å². The van der Waals surface area contributed by atoms with Crippen molar-refractivity contribution in [1.82, 2.24) is 14.7 Å². The smallest absolute Gasteiger partial charge is 0.323 e. The van der Waals surface area contributed by atoms with Crippen LogP contribution in [-0.4, -0.2) is 44.3 Å². The maximum absolute atomic E-state index is 14.5. The van der Waals surface area contributed by atoms with E-state index in [2.05, 4.69) is 5.10 Å². The molecule has 1 N–H and O–H groups in total. The first kappa shape index (κ1) is 17.7. The minimum absolute atomic E-state index is 0.104. The maximum atomic E-state index is 14.5. The quantitative estimate of drug-likeness (QED) is 0.912. The van der Waals surface area contributed by atoms with Gasteiger partial charge in [-0.1, -0.05) is 0 Å². The van der Waals surface area contributed by atoms with E-state index in [-0.39, 0.29) is 17.3 Å². The van der Waals surface area contributed by atoms with Crippen molar-refractivity contribution in [2.24, 2.45) is 0 Å². The maximum Gasteiger partial charge on any atom is 0.323 e. The molecule has 0 aliphatic carbocycles. The number of hydrogen-bond acceptors (Lipinski definition) is 3. The van der Waals surface area contributed by atoms with Crippen LogP contribution in [0.1, 0.15) is 35.6 Å². The predicted octanol–water partition coefficient (Wildman–Crippen LogP) is 2.56. The Balaban J connectivity index is 2.36. The van der Waals surface area contributed by atoms with Gasteiger partial charge in [-0.25, -0.2) is 9.07 Å². The second kappa shape index (κ2) is 6.82. The highest BCUT2D eigenvalue weighted by atomic mass is 19.1. The number of aliphatic carboxylic acids is 1. The summed E-state index contributed by atoms with van der Waals surface area (Å²) in [6.07, 6.45) is 0. The van der Waals surface area contributed by atoms with Crippen molar-refractivity contribution in [2.45, 2.75) is 33.7 Å². The van der Waals surface area contributed by atoms with Crippen molar-refractivity contribution < 1.29 is 19.1 Å². The molecule has 1 aromatic heterocycles. The van der Waals surface area contributed by atoms with E-state index in [9.17, 15) is 14.0 Å². The van der Waals surface area contributed by atoms with Crippen LogP contribution in [0, 0.1) is 19.7 Å². The van der Waals surface area contributed by atoms with Crippen LogP contribution < -0.4 is 0 Å². The van der Waals surface area contributed by atoms with Gasteiger partial charge in [-0.3, -0.25) is 9.59 Å². The monoisotopic (exact) mass is 333 g/mol. The van der Waals surface area contributed by atoms with Crippen molar-refractivity contribution in [3.05, 3.63) is 47.0 Å². The zero-order valence-electron chi connectivity index (χ0n) is 14.1. The van der Waals surface area contributed by atoms with E-state index >= 15 is 0 Å². The fourth-order valence-electron chi connectivity index (χ4n) is 2.48. The lowest BCUT2D eigenvalue weighted by Gasteiger charge is -2.25. The summed E-state index contributed by atoms with van der Waals surface area (Å²) in [6, 6.07) is 5.58. The third-order valence-corrected chi connectivity index (χ3v) is 3.62. The number of rotatable bonds is 5. The number of carboxylic acids is 1. The van der Waals surface area contributed by atoms with Gasteiger partial charge in [-0.15, -0.1) is 0 Å². The molecule has 0 saturated heterocycles. The number of carbonyl (C=O) groups excluding carboxylic acids is 1. The average Bonchev–Trinajstić information content (AvgIpc) is 2.82. The van der Waals surface area contributed by atoms with Gasteiger partial charge in [0.25, 0.3) is 5.91 Å². The highest BCUT2D eigenvalue weighted by Gasteiger charge is 2.22. The molecule has 6 nitrogen and oxygen atoms in total. The molecular weight excluding hydrogens is 313 g/mol. The highest BCUT2D eigenvalue weighted by Crippen LogP contribution is 2.19. The number of amides is 1. The molecule has 1 aromatic carbocycles. The Morgan fingerprint density at radius 3 is 2.42 bits per heavy atom. The molecule has 1 amide bonds. The molecule has 0 atom stereocenters. The molecule has 0 unspecified atom stereocenters. The number of benzene rings is 1. The minimum Gasteiger partial charge on any atom is -0.480 e.